The second-order valence-electron chi connectivity index (χ2n) is 4.79. The van der Waals surface area contributed by atoms with Crippen LogP contribution in [0.1, 0.15) is 19.3 Å². The first-order chi connectivity index (χ1) is 9.63. The quantitative estimate of drug-likeness (QED) is 0.760. The van der Waals surface area contributed by atoms with Crippen LogP contribution in [0.15, 0.2) is 23.4 Å². The molecular formula is C13H21N3O3S. The molecule has 0 spiro atoms. The summed E-state index contributed by atoms with van der Waals surface area (Å²) in [6, 6.07) is 3.50. The second-order valence-corrected chi connectivity index (χ2v) is 6.50. The molecule has 1 aliphatic heterocycles. The van der Waals surface area contributed by atoms with E-state index in [1.54, 1.807) is 19.4 Å². The van der Waals surface area contributed by atoms with E-state index in [1.807, 2.05) is 6.07 Å². The van der Waals surface area contributed by atoms with Gasteiger partial charge in [-0.05, 0) is 25.3 Å². The third kappa shape index (κ3) is 3.91. The average molecular weight is 299 g/mol. The van der Waals surface area contributed by atoms with Gasteiger partial charge in [0.15, 0.2) is 5.03 Å². The highest BCUT2D eigenvalue weighted by atomic mass is 32.2. The minimum atomic E-state index is -3.54. The zero-order valence-electron chi connectivity index (χ0n) is 11.7. The normalized spacial score (nSPS) is 15.8. The van der Waals surface area contributed by atoms with Crippen LogP contribution in [-0.2, 0) is 14.8 Å². The van der Waals surface area contributed by atoms with E-state index >= 15 is 0 Å². The Morgan fingerprint density at radius 3 is 2.85 bits per heavy atom. The molecule has 20 heavy (non-hydrogen) atoms. The van der Waals surface area contributed by atoms with Crippen LogP contribution in [-0.4, -0.2) is 46.8 Å². The minimum Gasteiger partial charge on any atom is -0.385 e. The van der Waals surface area contributed by atoms with Crippen LogP contribution in [0.3, 0.4) is 0 Å². The lowest BCUT2D eigenvalue weighted by Crippen LogP contribution is -2.27. The van der Waals surface area contributed by atoms with Crippen molar-refractivity contribution in [3.63, 3.8) is 0 Å². The molecule has 0 saturated carbocycles. The van der Waals surface area contributed by atoms with E-state index in [2.05, 4.69) is 14.6 Å². The van der Waals surface area contributed by atoms with Crippen molar-refractivity contribution in [2.45, 2.75) is 24.3 Å². The molecule has 0 aromatic carbocycles. The molecule has 112 valence electrons. The highest BCUT2D eigenvalue weighted by Crippen LogP contribution is 2.21. The Labute approximate surface area is 120 Å². The molecule has 0 amide bonds. The number of anilines is 1. The predicted molar refractivity (Wildman–Crippen MR) is 77.4 cm³/mol. The van der Waals surface area contributed by atoms with Gasteiger partial charge in [0, 0.05) is 51.3 Å². The zero-order chi connectivity index (χ0) is 14.4. The van der Waals surface area contributed by atoms with Gasteiger partial charge in [-0.25, -0.2) is 18.1 Å². The fourth-order valence-corrected chi connectivity index (χ4v) is 3.25. The molecule has 1 aliphatic rings. The zero-order valence-corrected chi connectivity index (χ0v) is 12.5. The Kier molecular flexibility index (Phi) is 5.33. The predicted octanol–water partition coefficient (Wildman–Crippen LogP) is 0.997. The Morgan fingerprint density at radius 1 is 1.40 bits per heavy atom. The fraction of sp³-hybridized carbons (Fsp3) is 0.615. The molecule has 2 rings (SSSR count). The first kappa shape index (κ1) is 15.2. The van der Waals surface area contributed by atoms with Crippen molar-refractivity contribution in [2.24, 2.45) is 0 Å². The number of sulfonamides is 1. The monoisotopic (exact) mass is 299 g/mol. The van der Waals surface area contributed by atoms with Gasteiger partial charge in [-0.15, -0.1) is 0 Å². The van der Waals surface area contributed by atoms with Crippen molar-refractivity contribution in [3.8, 4) is 0 Å². The Morgan fingerprint density at radius 2 is 2.15 bits per heavy atom. The van der Waals surface area contributed by atoms with Crippen LogP contribution in [0, 0.1) is 0 Å². The molecule has 6 nitrogen and oxygen atoms in total. The van der Waals surface area contributed by atoms with Crippen LogP contribution in [0.25, 0.3) is 0 Å². The Bertz CT molecular complexity index is 527. The molecule has 0 unspecified atom stereocenters. The first-order valence-corrected chi connectivity index (χ1v) is 8.31. The van der Waals surface area contributed by atoms with Crippen LogP contribution >= 0.6 is 0 Å². The molecule has 0 bridgehead atoms. The molecule has 1 fully saturated rings. The van der Waals surface area contributed by atoms with Gasteiger partial charge in [0.2, 0.25) is 0 Å². The van der Waals surface area contributed by atoms with Crippen LogP contribution < -0.4 is 9.62 Å². The van der Waals surface area contributed by atoms with Gasteiger partial charge in [0.05, 0.1) is 0 Å². The minimum absolute atomic E-state index is 0.0827. The molecule has 1 aromatic rings. The molecule has 1 aromatic heterocycles. The molecule has 0 radical (unpaired) electrons. The molecule has 1 N–H and O–H groups in total. The Balaban J connectivity index is 2.05. The van der Waals surface area contributed by atoms with Gasteiger partial charge in [-0.1, -0.05) is 0 Å². The largest absolute Gasteiger partial charge is 0.385 e. The van der Waals surface area contributed by atoms with Crippen LogP contribution in [0.4, 0.5) is 5.69 Å². The van der Waals surface area contributed by atoms with Crippen LogP contribution in [0.2, 0.25) is 0 Å². The van der Waals surface area contributed by atoms with Gasteiger partial charge in [-0.3, -0.25) is 0 Å². The topological polar surface area (TPSA) is 71.5 Å². The number of aromatic nitrogens is 1. The van der Waals surface area contributed by atoms with E-state index in [0.717, 1.165) is 31.6 Å². The Hall–Kier alpha value is -1.18. The van der Waals surface area contributed by atoms with Crippen LogP contribution in [0.5, 0.6) is 0 Å². The maximum absolute atomic E-state index is 12.1. The SMILES string of the molecule is COCCCNS(=O)(=O)c1cc(N2CCCC2)ccn1. The number of ether oxygens (including phenoxy) is 1. The number of methoxy groups -OCH3 is 1. The van der Waals surface area contributed by atoms with E-state index in [-0.39, 0.29) is 5.03 Å². The van der Waals surface area contributed by atoms with Gasteiger partial charge in [-0.2, -0.15) is 0 Å². The van der Waals surface area contributed by atoms with Crippen molar-refractivity contribution in [1.82, 2.24) is 9.71 Å². The van der Waals surface area contributed by atoms with Gasteiger partial charge >= 0.3 is 0 Å². The van der Waals surface area contributed by atoms with Crippen molar-refractivity contribution < 1.29 is 13.2 Å². The van der Waals surface area contributed by atoms with E-state index in [4.69, 9.17) is 4.74 Å². The third-order valence-corrected chi connectivity index (χ3v) is 4.64. The lowest BCUT2D eigenvalue weighted by Gasteiger charge is -2.17. The fourth-order valence-electron chi connectivity index (χ4n) is 2.21. The molecule has 1 saturated heterocycles. The highest BCUT2D eigenvalue weighted by Gasteiger charge is 2.18. The number of pyridine rings is 1. The van der Waals surface area contributed by atoms with Crippen molar-refractivity contribution in [3.05, 3.63) is 18.3 Å². The molecular weight excluding hydrogens is 278 g/mol. The number of hydrogen-bond acceptors (Lipinski definition) is 5. The van der Waals surface area contributed by atoms with E-state index in [0.29, 0.717) is 19.6 Å². The van der Waals surface area contributed by atoms with Crippen molar-refractivity contribution in [1.29, 1.82) is 0 Å². The lowest BCUT2D eigenvalue weighted by atomic mass is 10.4. The van der Waals surface area contributed by atoms with Crippen molar-refractivity contribution in [2.75, 3.05) is 38.3 Å². The second kappa shape index (κ2) is 7.01. The number of nitrogens with zero attached hydrogens (tertiary/aromatic N) is 2. The van der Waals surface area contributed by atoms with Gasteiger partial charge in [0.1, 0.15) is 0 Å². The summed E-state index contributed by atoms with van der Waals surface area (Å²) in [5.74, 6) is 0. The summed E-state index contributed by atoms with van der Waals surface area (Å²) in [7, 11) is -1.94. The maximum atomic E-state index is 12.1. The summed E-state index contributed by atoms with van der Waals surface area (Å²) in [6.07, 6.45) is 4.50. The molecule has 2 heterocycles. The summed E-state index contributed by atoms with van der Waals surface area (Å²) in [5, 5.41) is 0.0827. The maximum Gasteiger partial charge on any atom is 0.258 e. The van der Waals surface area contributed by atoms with E-state index < -0.39 is 10.0 Å². The van der Waals surface area contributed by atoms with Gasteiger partial charge in [0.25, 0.3) is 10.0 Å². The van der Waals surface area contributed by atoms with E-state index in [9.17, 15) is 8.42 Å². The number of hydrogen-bond donors (Lipinski definition) is 1. The summed E-state index contributed by atoms with van der Waals surface area (Å²) >= 11 is 0. The summed E-state index contributed by atoms with van der Waals surface area (Å²) in [6.45, 7) is 2.84. The summed E-state index contributed by atoms with van der Waals surface area (Å²) in [5.41, 5.74) is 0.926. The highest BCUT2D eigenvalue weighted by molar-refractivity contribution is 7.89. The van der Waals surface area contributed by atoms with Crippen molar-refractivity contribution >= 4 is 15.7 Å². The summed E-state index contributed by atoms with van der Waals surface area (Å²) < 4.78 is 31.7. The average Bonchev–Trinajstić information content (AvgIpc) is 2.98. The summed E-state index contributed by atoms with van der Waals surface area (Å²) in [4.78, 5) is 6.16. The third-order valence-electron chi connectivity index (χ3n) is 3.28. The number of rotatable bonds is 7. The number of nitrogens with one attached hydrogen (secondary N) is 1. The standard InChI is InChI=1S/C13H21N3O3S/c1-19-10-4-6-15-20(17,18)13-11-12(5-7-14-13)16-8-2-3-9-16/h5,7,11,15H,2-4,6,8-10H2,1H3. The smallest absolute Gasteiger partial charge is 0.258 e. The first-order valence-electron chi connectivity index (χ1n) is 6.83. The van der Waals surface area contributed by atoms with E-state index in [1.165, 1.54) is 0 Å². The molecule has 0 aliphatic carbocycles. The van der Waals surface area contributed by atoms with Gasteiger partial charge < -0.3 is 9.64 Å². The molecule has 0 atom stereocenters. The lowest BCUT2D eigenvalue weighted by molar-refractivity contribution is 0.196. The molecule has 7 heteroatoms.